The van der Waals surface area contributed by atoms with Crippen LogP contribution >= 0.6 is 0 Å². The van der Waals surface area contributed by atoms with Crippen molar-refractivity contribution in [3.8, 4) is 11.5 Å². The first-order valence-corrected chi connectivity index (χ1v) is 6.46. The zero-order valence-electron chi connectivity index (χ0n) is 11.8. The average Bonchev–Trinajstić information content (AvgIpc) is 3.12. The molecule has 0 aliphatic heterocycles. The fraction of sp³-hybridized carbons (Fsp3) is 0.571. The molecule has 5 heteroatoms. The molecule has 0 aromatic carbocycles. The van der Waals surface area contributed by atoms with E-state index in [0.717, 1.165) is 12.8 Å². The molecule has 1 aromatic heterocycles. The van der Waals surface area contributed by atoms with Gasteiger partial charge in [-0.1, -0.05) is 0 Å². The van der Waals surface area contributed by atoms with Gasteiger partial charge in [0.1, 0.15) is 11.2 Å². The fourth-order valence-electron chi connectivity index (χ4n) is 1.60. The third-order valence-electron chi connectivity index (χ3n) is 2.56. The molecule has 5 nitrogen and oxygen atoms in total. The number of hydrogen-bond acceptors (Lipinski definition) is 4. The molecular formula is C14H20N2O3. The summed E-state index contributed by atoms with van der Waals surface area (Å²) in [5, 5.41) is 2.59. The number of amides is 1. The number of nitrogens with one attached hydrogen (secondary N) is 1. The standard InChI is InChI=1S/C14H20N2O3/c1-14(2,3)19-11-8-16-7-10(13(17)15-4)12(11)18-9-5-6-9/h7-9H,5-6H2,1-4H3,(H,15,17). The highest BCUT2D eigenvalue weighted by Crippen LogP contribution is 2.37. The van der Waals surface area contributed by atoms with Crippen LogP contribution in [-0.2, 0) is 0 Å². The van der Waals surface area contributed by atoms with E-state index in [4.69, 9.17) is 9.47 Å². The normalized spacial score (nSPS) is 14.9. The highest BCUT2D eigenvalue weighted by Gasteiger charge is 2.29. The van der Waals surface area contributed by atoms with Crippen molar-refractivity contribution in [2.45, 2.75) is 45.3 Å². The Morgan fingerprint density at radius 2 is 2.05 bits per heavy atom. The number of nitrogens with zero attached hydrogens (tertiary/aromatic N) is 1. The van der Waals surface area contributed by atoms with Crippen molar-refractivity contribution in [2.24, 2.45) is 0 Å². The van der Waals surface area contributed by atoms with E-state index in [-0.39, 0.29) is 17.6 Å². The number of aromatic nitrogens is 1. The number of carbonyl (C=O) groups is 1. The van der Waals surface area contributed by atoms with Crippen LogP contribution in [0.5, 0.6) is 11.5 Å². The van der Waals surface area contributed by atoms with E-state index >= 15 is 0 Å². The topological polar surface area (TPSA) is 60.5 Å². The van der Waals surface area contributed by atoms with Crippen LogP contribution in [0.15, 0.2) is 12.4 Å². The van der Waals surface area contributed by atoms with Crippen molar-refractivity contribution in [2.75, 3.05) is 7.05 Å². The first kappa shape index (κ1) is 13.6. The molecule has 1 heterocycles. The van der Waals surface area contributed by atoms with Crippen LogP contribution in [-0.4, -0.2) is 29.6 Å². The number of pyridine rings is 1. The predicted octanol–water partition coefficient (Wildman–Crippen LogP) is 2.16. The van der Waals surface area contributed by atoms with E-state index < -0.39 is 0 Å². The van der Waals surface area contributed by atoms with Crippen molar-refractivity contribution < 1.29 is 14.3 Å². The maximum absolute atomic E-state index is 11.9. The summed E-state index contributed by atoms with van der Waals surface area (Å²) < 4.78 is 11.7. The maximum Gasteiger partial charge on any atom is 0.256 e. The van der Waals surface area contributed by atoms with Crippen LogP contribution in [0.1, 0.15) is 44.0 Å². The lowest BCUT2D eigenvalue weighted by Crippen LogP contribution is -2.25. The monoisotopic (exact) mass is 264 g/mol. The fourth-order valence-corrected chi connectivity index (χ4v) is 1.60. The number of carbonyl (C=O) groups excluding carboxylic acids is 1. The molecule has 1 fully saturated rings. The second kappa shape index (κ2) is 5.07. The van der Waals surface area contributed by atoms with Gasteiger partial charge in [-0.2, -0.15) is 0 Å². The van der Waals surface area contributed by atoms with Gasteiger partial charge in [0, 0.05) is 13.2 Å². The molecule has 1 aromatic rings. The van der Waals surface area contributed by atoms with Gasteiger partial charge in [0.15, 0.2) is 11.5 Å². The lowest BCUT2D eigenvalue weighted by atomic mass is 10.2. The minimum absolute atomic E-state index is 0.188. The SMILES string of the molecule is CNC(=O)c1cncc(OC(C)(C)C)c1OC1CC1. The third-order valence-corrected chi connectivity index (χ3v) is 2.56. The van der Waals surface area contributed by atoms with Gasteiger partial charge >= 0.3 is 0 Å². The molecule has 0 spiro atoms. The number of ether oxygens (including phenoxy) is 2. The van der Waals surface area contributed by atoms with Crippen molar-refractivity contribution in [1.29, 1.82) is 0 Å². The molecule has 104 valence electrons. The quantitative estimate of drug-likeness (QED) is 0.905. The van der Waals surface area contributed by atoms with E-state index in [1.165, 1.54) is 6.20 Å². The maximum atomic E-state index is 11.9. The molecule has 0 radical (unpaired) electrons. The minimum Gasteiger partial charge on any atom is -0.486 e. The van der Waals surface area contributed by atoms with Crippen LogP contribution in [0.3, 0.4) is 0 Å². The van der Waals surface area contributed by atoms with E-state index in [2.05, 4.69) is 10.3 Å². The highest BCUT2D eigenvalue weighted by atomic mass is 16.5. The van der Waals surface area contributed by atoms with Crippen LogP contribution in [0.25, 0.3) is 0 Å². The summed E-state index contributed by atoms with van der Waals surface area (Å²) in [7, 11) is 1.58. The van der Waals surface area contributed by atoms with Gasteiger partial charge in [-0.15, -0.1) is 0 Å². The Kier molecular flexibility index (Phi) is 3.64. The second-order valence-corrected chi connectivity index (χ2v) is 5.63. The Bertz CT molecular complexity index is 476. The van der Waals surface area contributed by atoms with Crippen LogP contribution in [0.2, 0.25) is 0 Å². The molecule has 0 saturated heterocycles. The zero-order chi connectivity index (χ0) is 14.0. The van der Waals surface area contributed by atoms with Gasteiger partial charge in [0.25, 0.3) is 5.91 Å². The Labute approximate surface area is 113 Å². The molecule has 0 unspecified atom stereocenters. The molecular weight excluding hydrogens is 244 g/mol. The van der Waals surface area contributed by atoms with Gasteiger partial charge in [-0.3, -0.25) is 9.78 Å². The third kappa shape index (κ3) is 3.59. The lowest BCUT2D eigenvalue weighted by molar-refractivity contribution is 0.0948. The van der Waals surface area contributed by atoms with Gasteiger partial charge in [-0.25, -0.2) is 0 Å². The highest BCUT2D eigenvalue weighted by molar-refractivity contribution is 5.97. The number of rotatable bonds is 4. The lowest BCUT2D eigenvalue weighted by Gasteiger charge is -2.23. The van der Waals surface area contributed by atoms with Crippen molar-refractivity contribution in [3.05, 3.63) is 18.0 Å². The zero-order valence-corrected chi connectivity index (χ0v) is 11.8. The molecule has 1 saturated carbocycles. The van der Waals surface area contributed by atoms with Crippen LogP contribution in [0.4, 0.5) is 0 Å². The molecule has 1 aliphatic rings. The Morgan fingerprint density at radius 3 is 2.58 bits per heavy atom. The summed E-state index contributed by atoms with van der Waals surface area (Å²) in [5.41, 5.74) is 0.0427. The largest absolute Gasteiger partial charge is 0.486 e. The van der Waals surface area contributed by atoms with Crippen molar-refractivity contribution >= 4 is 5.91 Å². The summed E-state index contributed by atoms with van der Waals surface area (Å²) in [6.07, 6.45) is 5.32. The van der Waals surface area contributed by atoms with Gasteiger partial charge < -0.3 is 14.8 Å². The molecule has 0 bridgehead atoms. The van der Waals surface area contributed by atoms with Gasteiger partial charge in [-0.05, 0) is 33.6 Å². The minimum atomic E-state index is -0.370. The van der Waals surface area contributed by atoms with Crippen molar-refractivity contribution in [3.63, 3.8) is 0 Å². The van der Waals surface area contributed by atoms with E-state index in [0.29, 0.717) is 17.1 Å². The Balaban J connectivity index is 2.37. The number of hydrogen-bond donors (Lipinski definition) is 1. The molecule has 1 N–H and O–H groups in total. The summed E-state index contributed by atoms with van der Waals surface area (Å²) in [4.78, 5) is 15.9. The van der Waals surface area contributed by atoms with Crippen molar-refractivity contribution in [1.82, 2.24) is 10.3 Å². The Morgan fingerprint density at radius 1 is 1.37 bits per heavy atom. The molecule has 1 aliphatic carbocycles. The Hall–Kier alpha value is -1.78. The van der Waals surface area contributed by atoms with Crippen LogP contribution < -0.4 is 14.8 Å². The van der Waals surface area contributed by atoms with Gasteiger partial charge in [0.2, 0.25) is 0 Å². The second-order valence-electron chi connectivity index (χ2n) is 5.63. The van der Waals surface area contributed by atoms with E-state index in [1.807, 2.05) is 20.8 Å². The average molecular weight is 264 g/mol. The predicted molar refractivity (Wildman–Crippen MR) is 71.7 cm³/mol. The summed E-state index contributed by atoms with van der Waals surface area (Å²) in [6, 6.07) is 0. The first-order valence-electron chi connectivity index (χ1n) is 6.46. The summed E-state index contributed by atoms with van der Waals surface area (Å²) in [6.45, 7) is 5.83. The van der Waals surface area contributed by atoms with Gasteiger partial charge in [0.05, 0.1) is 12.3 Å². The smallest absolute Gasteiger partial charge is 0.256 e. The molecule has 0 atom stereocenters. The molecule has 19 heavy (non-hydrogen) atoms. The summed E-state index contributed by atoms with van der Waals surface area (Å²) in [5.74, 6) is 0.787. The van der Waals surface area contributed by atoms with E-state index in [1.54, 1.807) is 13.2 Å². The van der Waals surface area contributed by atoms with E-state index in [9.17, 15) is 4.79 Å². The summed E-state index contributed by atoms with van der Waals surface area (Å²) >= 11 is 0. The van der Waals surface area contributed by atoms with Crippen LogP contribution in [0, 0.1) is 0 Å². The molecule has 2 rings (SSSR count). The first-order chi connectivity index (χ1) is 8.90. The molecule has 1 amide bonds.